The third kappa shape index (κ3) is 3.48. The van der Waals surface area contributed by atoms with Crippen LogP contribution in [0.15, 0.2) is 51.5 Å². The SMILES string of the molecule is C[C@@H](Sc1ncnc2sccc12)C(=O)Nc1cccc(Br)c1. The second-order valence-electron chi connectivity index (χ2n) is 4.58. The molecule has 112 valence electrons. The lowest BCUT2D eigenvalue weighted by Crippen LogP contribution is -2.22. The number of fused-ring (bicyclic) bond motifs is 1. The Hall–Kier alpha value is -1.44. The fraction of sp³-hybridized carbons (Fsp3) is 0.133. The zero-order chi connectivity index (χ0) is 15.5. The predicted octanol–water partition coefficient (Wildman–Crippen LogP) is 4.57. The Morgan fingerprint density at radius 1 is 1.36 bits per heavy atom. The van der Waals surface area contributed by atoms with Crippen LogP contribution in [0.3, 0.4) is 0 Å². The van der Waals surface area contributed by atoms with Crippen LogP contribution in [0, 0.1) is 0 Å². The van der Waals surface area contributed by atoms with Crippen molar-refractivity contribution in [1.29, 1.82) is 0 Å². The lowest BCUT2D eigenvalue weighted by Gasteiger charge is -2.12. The summed E-state index contributed by atoms with van der Waals surface area (Å²) >= 11 is 6.41. The van der Waals surface area contributed by atoms with Gasteiger partial charge in [0.1, 0.15) is 16.2 Å². The van der Waals surface area contributed by atoms with Gasteiger partial charge in [-0.25, -0.2) is 9.97 Å². The molecule has 1 N–H and O–H groups in total. The summed E-state index contributed by atoms with van der Waals surface area (Å²) in [5.41, 5.74) is 0.773. The van der Waals surface area contributed by atoms with Gasteiger partial charge < -0.3 is 5.32 Å². The fourth-order valence-corrected chi connectivity index (χ4v) is 3.99. The van der Waals surface area contributed by atoms with Crippen molar-refractivity contribution in [3.8, 4) is 0 Å². The second kappa shape index (κ2) is 6.76. The molecule has 7 heteroatoms. The maximum atomic E-state index is 12.3. The topological polar surface area (TPSA) is 54.9 Å². The monoisotopic (exact) mass is 393 g/mol. The predicted molar refractivity (Wildman–Crippen MR) is 95.5 cm³/mol. The highest BCUT2D eigenvalue weighted by molar-refractivity contribution is 9.10. The number of benzene rings is 1. The van der Waals surface area contributed by atoms with Crippen molar-refractivity contribution in [3.05, 3.63) is 46.5 Å². The molecule has 0 fully saturated rings. The molecule has 0 aliphatic carbocycles. The average molecular weight is 394 g/mol. The smallest absolute Gasteiger partial charge is 0.237 e. The molecule has 2 aromatic heterocycles. The first-order valence-corrected chi connectivity index (χ1v) is 9.10. The lowest BCUT2D eigenvalue weighted by molar-refractivity contribution is -0.115. The number of rotatable bonds is 4. The highest BCUT2D eigenvalue weighted by Crippen LogP contribution is 2.30. The van der Waals surface area contributed by atoms with E-state index >= 15 is 0 Å². The molecule has 1 amide bonds. The summed E-state index contributed by atoms with van der Waals surface area (Å²) in [5, 5.41) is 6.48. The van der Waals surface area contributed by atoms with Crippen LogP contribution in [-0.2, 0) is 4.79 Å². The number of amides is 1. The maximum Gasteiger partial charge on any atom is 0.237 e. The van der Waals surface area contributed by atoms with E-state index in [1.165, 1.54) is 11.8 Å². The third-order valence-electron chi connectivity index (χ3n) is 2.97. The molecule has 22 heavy (non-hydrogen) atoms. The number of aromatic nitrogens is 2. The van der Waals surface area contributed by atoms with Crippen LogP contribution in [0.2, 0.25) is 0 Å². The number of nitrogens with zero attached hydrogens (tertiary/aromatic N) is 2. The van der Waals surface area contributed by atoms with Crippen molar-refractivity contribution >= 4 is 60.8 Å². The van der Waals surface area contributed by atoms with E-state index in [0.717, 1.165) is 25.4 Å². The summed E-state index contributed by atoms with van der Waals surface area (Å²) < 4.78 is 0.932. The van der Waals surface area contributed by atoms with E-state index < -0.39 is 0 Å². The van der Waals surface area contributed by atoms with E-state index in [4.69, 9.17) is 0 Å². The van der Waals surface area contributed by atoms with Crippen molar-refractivity contribution in [3.63, 3.8) is 0 Å². The highest BCUT2D eigenvalue weighted by atomic mass is 79.9. The van der Waals surface area contributed by atoms with Crippen LogP contribution in [0.25, 0.3) is 10.2 Å². The van der Waals surface area contributed by atoms with Gasteiger partial charge in [-0.3, -0.25) is 4.79 Å². The van der Waals surface area contributed by atoms with E-state index in [1.807, 2.05) is 42.6 Å². The van der Waals surface area contributed by atoms with E-state index in [0.29, 0.717) is 0 Å². The summed E-state index contributed by atoms with van der Waals surface area (Å²) in [6.07, 6.45) is 1.54. The fourth-order valence-electron chi connectivity index (χ4n) is 1.89. The molecule has 0 aliphatic rings. The largest absolute Gasteiger partial charge is 0.325 e. The van der Waals surface area contributed by atoms with Gasteiger partial charge in [0.05, 0.1) is 5.25 Å². The first kappa shape index (κ1) is 15.5. The Morgan fingerprint density at radius 2 is 2.23 bits per heavy atom. The van der Waals surface area contributed by atoms with Gasteiger partial charge in [-0.15, -0.1) is 11.3 Å². The minimum atomic E-state index is -0.253. The van der Waals surface area contributed by atoms with Gasteiger partial charge in [0, 0.05) is 15.5 Å². The molecule has 1 aromatic carbocycles. The number of hydrogen-bond donors (Lipinski definition) is 1. The summed E-state index contributed by atoms with van der Waals surface area (Å²) in [6.45, 7) is 1.87. The van der Waals surface area contributed by atoms with Crippen LogP contribution < -0.4 is 5.32 Å². The van der Waals surface area contributed by atoms with Gasteiger partial charge in [-0.2, -0.15) is 0 Å². The van der Waals surface area contributed by atoms with Crippen molar-refractivity contribution < 1.29 is 4.79 Å². The quantitative estimate of drug-likeness (QED) is 0.520. The van der Waals surface area contributed by atoms with Gasteiger partial charge >= 0.3 is 0 Å². The Bertz CT molecular complexity index is 821. The van der Waals surface area contributed by atoms with Gasteiger partial charge in [0.25, 0.3) is 0 Å². The molecule has 0 saturated heterocycles. The Kier molecular flexibility index (Phi) is 4.75. The molecule has 1 atom stereocenters. The molecule has 3 rings (SSSR count). The van der Waals surface area contributed by atoms with Crippen molar-refractivity contribution in [1.82, 2.24) is 9.97 Å². The minimum Gasteiger partial charge on any atom is -0.325 e. The van der Waals surface area contributed by atoms with E-state index in [9.17, 15) is 4.79 Å². The van der Waals surface area contributed by atoms with Gasteiger partial charge in [0.2, 0.25) is 5.91 Å². The van der Waals surface area contributed by atoms with Gasteiger partial charge in [-0.05, 0) is 36.6 Å². The molecule has 3 aromatic rings. The van der Waals surface area contributed by atoms with E-state index in [1.54, 1.807) is 17.7 Å². The molecule has 0 saturated carbocycles. The second-order valence-corrected chi connectivity index (χ2v) is 7.72. The standard InChI is InChI=1S/C15H12BrN3OS2/c1-9(13(20)19-11-4-2-3-10(16)7-11)22-15-12-5-6-21-14(12)17-8-18-15/h2-9H,1H3,(H,19,20)/t9-/m1/s1. The Morgan fingerprint density at radius 3 is 3.05 bits per heavy atom. The van der Waals surface area contributed by atoms with Crippen LogP contribution in [0.4, 0.5) is 5.69 Å². The van der Waals surface area contributed by atoms with E-state index in [-0.39, 0.29) is 11.2 Å². The molecule has 4 nitrogen and oxygen atoms in total. The van der Waals surface area contributed by atoms with Crippen molar-refractivity contribution in [2.45, 2.75) is 17.2 Å². The zero-order valence-electron chi connectivity index (χ0n) is 11.6. The number of thioether (sulfide) groups is 1. The van der Waals surface area contributed by atoms with Crippen molar-refractivity contribution in [2.75, 3.05) is 5.32 Å². The molecular formula is C15H12BrN3OS2. The number of carbonyl (C=O) groups excluding carboxylic acids is 1. The average Bonchev–Trinajstić information content (AvgIpc) is 2.96. The minimum absolute atomic E-state index is 0.0508. The molecule has 0 unspecified atom stereocenters. The lowest BCUT2D eigenvalue weighted by atomic mass is 10.3. The molecule has 0 aliphatic heterocycles. The number of nitrogens with one attached hydrogen (secondary N) is 1. The summed E-state index contributed by atoms with van der Waals surface area (Å²) in [6, 6.07) is 9.53. The summed E-state index contributed by atoms with van der Waals surface area (Å²) in [7, 11) is 0. The first-order valence-electron chi connectivity index (χ1n) is 6.55. The molecule has 0 spiro atoms. The number of thiophene rings is 1. The summed E-state index contributed by atoms with van der Waals surface area (Å²) in [4.78, 5) is 21.8. The Balaban J connectivity index is 1.72. The summed E-state index contributed by atoms with van der Waals surface area (Å²) in [5.74, 6) is -0.0508. The molecule has 2 heterocycles. The van der Waals surface area contributed by atoms with Crippen molar-refractivity contribution in [2.24, 2.45) is 0 Å². The van der Waals surface area contributed by atoms with Crippen LogP contribution >= 0.6 is 39.0 Å². The third-order valence-corrected chi connectivity index (χ3v) is 5.41. The molecule has 0 radical (unpaired) electrons. The van der Waals surface area contributed by atoms with Crippen LogP contribution in [-0.4, -0.2) is 21.1 Å². The number of carbonyl (C=O) groups is 1. The number of halogens is 1. The van der Waals surface area contributed by atoms with Gasteiger partial charge in [-0.1, -0.05) is 33.8 Å². The van der Waals surface area contributed by atoms with Crippen LogP contribution in [0.1, 0.15) is 6.92 Å². The first-order chi connectivity index (χ1) is 10.6. The normalized spacial score (nSPS) is 12.3. The molecule has 0 bridgehead atoms. The maximum absolute atomic E-state index is 12.3. The number of hydrogen-bond acceptors (Lipinski definition) is 5. The molecular weight excluding hydrogens is 382 g/mol. The van der Waals surface area contributed by atoms with E-state index in [2.05, 4.69) is 31.2 Å². The Labute approximate surface area is 144 Å². The van der Waals surface area contributed by atoms with Gasteiger partial charge in [0.15, 0.2) is 0 Å². The number of anilines is 1. The zero-order valence-corrected chi connectivity index (χ0v) is 14.8. The highest BCUT2D eigenvalue weighted by Gasteiger charge is 2.17. The van der Waals surface area contributed by atoms with Crippen LogP contribution in [0.5, 0.6) is 0 Å².